The number of nitrogen functional groups attached to an aromatic ring is 1. The Morgan fingerprint density at radius 2 is 2.10 bits per heavy atom. The van der Waals surface area contributed by atoms with Gasteiger partial charge >= 0.3 is 0 Å². The number of halogens is 1. The fourth-order valence-electron chi connectivity index (χ4n) is 2.82. The highest BCUT2D eigenvalue weighted by atomic mass is 35.5. The average Bonchev–Trinajstić information content (AvgIpc) is 2.47. The first-order valence-electron chi connectivity index (χ1n) is 6.98. The molecule has 0 atom stereocenters. The van der Waals surface area contributed by atoms with Crippen molar-refractivity contribution in [1.82, 2.24) is 4.90 Å². The van der Waals surface area contributed by atoms with Crippen molar-refractivity contribution in [3.05, 3.63) is 63.7 Å². The first-order valence-corrected chi connectivity index (χ1v) is 7.35. The van der Waals surface area contributed by atoms with Gasteiger partial charge in [0.2, 0.25) is 0 Å². The van der Waals surface area contributed by atoms with E-state index in [2.05, 4.69) is 6.07 Å². The molecule has 1 heterocycles. The number of anilines is 1. The normalized spacial score (nSPS) is 13.9. The summed E-state index contributed by atoms with van der Waals surface area (Å²) >= 11 is 5.95. The number of nitrogens with zero attached hydrogens (tertiary/aromatic N) is 1. The quantitative estimate of drug-likeness (QED) is 0.820. The molecule has 0 aromatic heterocycles. The zero-order chi connectivity index (χ0) is 15.0. The molecule has 1 aliphatic heterocycles. The molecule has 0 saturated heterocycles. The summed E-state index contributed by atoms with van der Waals surface area (Å²) in [6.07, 6.45) is 0.846. The van der Waals surface area contributed by atoms with Crippen LogP contribution in [0.1, 0.15) is 27.0 Å². The van der Waals surface area contributed by atoms with Gasteiger partial charge in [0.05, 0.1) is 0 Å². The Morgan fingerprint density at radius 3 is 2.86 bits per heavy atom. The van der Waals surface area contributed by atoms with E-state index in [0.717, 1.165) is 29.8 Å². The fraction of sp³-hybridized carbons (Fsp3) is 0.235. The smallest absolute Gasteiger partial charge is 0.254 e. The summed E-state index contributed by atoms with van der Waals surface area (Å²) in [4.78, 5) is 14.6. The van der Waals surface area contributed by atoms with Gasteiger partial charge in [-0.05, 0) is 54.3 Å². The molecular weight excluding hydrogens is 284 g/mol. The molecule has 2 aromatic rings. The van der Waals surface area contributed by atoms with Crippen LogP contribution in [-0.2, 0) is 13.0 Å². The topological polar surface area (TPSA) is 46.3 Å². The van der Waals surface area contributed by atoms with E-state index in [1.165, 1.54) is 5.56 Å². The van der Waals surface area contributed by atoms with Crippen LogP contribution in [0.15, 0.2) is 36.4 Å². The zero-order valence-corrected chi connectivity index (χ0v) is 12.7. The van der Waals surface area contributed by atoms with Crippen LogP contribution in [0.3, 0.4) is 0 Å². The third-order valence-electron chi connectivity index (χ3n) is 4.02. The number of hydrogen-bond acceptors (Lipinski definition) is 2. The second-order valence-electron chi connectivity index (χ2n) is 5.42. The van der Waals surface area contributed by atoms with Crippen molar-refractivity contribution in [2.45, 2.75) is 19.9 Å². The predicted octanol–water partition coefficient (Wildman–Crippen LogP) is 3.43. The summed E-state index contributed by atoms with van der Waals surface area (Å²) in [6, 6.07) is 11.3. The van der Waals surface area contributed by atoms with Crippen molar-refractivity contribution < 1.29 is 4.79 Å². The van der Waals surface area contributed by atoms with Crippen molar-refractivity contribution in [3.63, 3.8) is 0 Å². The molecule has 0 radical (unpaired) electrons. The van der Waals surface area contributed by atoms with E-state index >= 15 is 0 Å². The summed E-state index contributed by atoms with van der Waals surface area (Å²) in [7, 11) is 0. The largest absolute Gasteiger partial charge is 0.398 e. The zero-order valence-electron chi connectivity index (χ0n) is 11.9. The van der Waals surface area contributed by atoms with Crippen LogP contribution < -0.4 is 5.73 Å². The predicted molar refractivity (Wildman–Crippen MR) is 85.5 cm³/mol. The number of fused-ring (bicyclic) bond motifs is 1. The minimum Gasteiger partial charge on any atom is -0.398 e. The standard InChI is InChI=1S/C17H17ClN2O/c1-11-9-13(18)5-6-14(11)17(21)20-8-7-12-3-2-4-16(19)15(12)10-20/h2-6,9H,7-8,10,19H2,1H3. The maximum absolute atomic E-state index is 12.7. The Morgan fingerprint density at radius 1 is 1.29 bits per heavy atom. The molecule has 4 heteroatoms. The van der Waals surface area contributed by atoms with E-state index in [0.29, 0.717) is 17.1 Å². The number of amides is 1. The van der Waals surface area contributed by atoms with Crippen molar-refractivity contribution in [1.29, 1.82) is 0 Å². The molecule has 0 spiro atoms. The van der Waals surface area contributed by atoms with Gasteiger partial charge in [-0.1, -0.05) is 23.7 Å². The Hall–Kier alpha value is -2.00. The van der Waals surface area contributed by atoms with Crippen LogP contribution >= 0.6 is 11.6 Å². The highest BCUT2D eigenvalue weighted by Gasteiger charge is 2.23. The van der Waals surface area contributed by atoms with E-state index < -0.39 is 0 Å². The minimum absolute atomic E-state index is 0.0399. The van der Waals surface area contributed by atoms with Gasteiger partial charge in [-0.2, -0.15) is 0 Å². The molecule has 2 N–H and O–H groups in total. The minimum atomic E-state index is 0.0399. The molecule has 3 rings (SSSR count). The Balaban J connectivity index is 1.89. The lowest BCUT2D eigenvalue weighted by Gasteiger charge is -2.30. The molecule has 1 aliphatic rings. The molecule has 0 fully saturated rings. The third kappa shape index (κ3) is 2.61. The third-order valence-corrected chi connectivity index (χ3v) is 4.25. The number of carbonyl (C=O) groups is 1. The second-order valence-corrected chi connectivity index (χ2v) is 5.86. The Labute approximate surface area is 129 Å². The molecule has 3 nitrogen and oxygen atoms in total. The number of hydrogen-bond donors (Lipinski definition) is 1. The first-order chi connectivity index (χ1) is 10.1. The Bertz CT molecular complexity index is 712. The first kappa shape index (κ1) is 14.0. The van der Waals surface area contributed by atoms with Crippen molar-refractivity contribution in [3.8, 4) is 0 Å². The number of benzene rings is 2. The van der Waals surface area contributed by atoms with E-state index in [9.17, 15) is 4.79 Å². The van der Waals surface area contributed by atoms with Crippen molar-refractivity contribution in [2.75, 3.05) is 12.3 Å². The van der Waals surface area contributed by atoms with E-state index in [4.69, 9.17) is 17.3 Å². The number of carbonyl (C=O) groups excluding carboxylic acids is 1. The van der Waals surface area contributed by atoms with Crippen LogP contribution in [-0.4, -0.2) is 17.4 Å². The lowest BCUT2D eigenvalue weighted by molar-refractivity contribution is 0.0734. The van der Waals surface area contributed by atoms with Crippen LogP contribution in [0.25, 0.3) is 0 Å². The lowest BCUT2D eigenvalue weighted by atomic mass is 9.97. The fourth-order valence-corrected chi connectivity index (χ4v) is 3.04. The second kappa shape index (κ2) is 5.41. The summed E-state index contributed by atoms with van der Waals surface area (Å²) in [5, 5.41) is 0.650. The van der Waals surface area contributed by atoms with Gasteiger partial charge in [-0.3, -0.25) is 4.79 Å². The molecule has 21 heavy (non-hydrogen) atoms. The van der Waals surface area contributed by atoms with Crippen LogP contribution in [0.4, 0.5) is 5.69 Å². The molecule has 1 amide bonds. The SMILES string of the molecule is Cc1cc(Cl)ccc1C(=O)N1CCc2cccc(N)c2C1. The molecule has 0 aliphatic carbocycles. The number of nitrogens with two attached hydrogens (primary N) is 1. The summed E-state index contributed by atoms with van der Waals surface area (Å²) in [5.41, 5.74) is 10.7. The van der Waals surface area contributed by atoms with Gasteiger partial charge in [0.25, 0.3) is 5.91 Å². The van der Waals surface area contributed by atoms with Crippen LogP contribution in [0, 0.1) is 6.92 Å². The van der Waals surface area contributed by atoms with Gasteiger partial charge in [-0.15, -0.1) is 0 Å². The van der Waals surface area contributed by atoms with Gasteiger partial charge in [0, 0.05) is 29.4 Å². The van der Waals surface area contributed by atoms with E-state index in [-0.39, 0.29) is 5.91 Å². The molecule has 0 bridgehead atoms. The maximum Gasteiger partial charge on any atom is 0.254 e. The van der Waals surface area contributed by atoms with Crippen LogP contribution in [0.5, 0.6) is 0 Å². The van der Waals surface area contributed by atoms with E-state index in [1.807, 2.05) is 30.0 Å². The molecule has 2 aromatic carbocycles. The van der Waals surface area contributed by atoms with Gasteiger partial charge in [0.15, 0.2) is 0 Å². The summed E-state index contributed by atoms with van der Waals surface area (Å²) in [5.74, 6) is 0.0399. The molecule has 0 unspecified atom stereocenters. The monoisotopic (exact) mass is 300 g/mol. The molecule has 108 valence electrons. The lowest BCUT2D eigenvalue weighted by Crippen LogP contribution is -2.36. The van der Waals surface area contributed by atoms with Crippen LogP contribution in [0.2, 0.25) is 5.02 Å². The number of aryl methyl sites for hydroxylation is 1. The van der Waals surface area contributed by atoms with Crippen molar-refractivity contribution >= 4 is 23.2 Å². The average molecular weight is 301 g/mol. The van der Waals surface area contributed by atoms with Gasteiger partial charge in [0.1, 0.15) is 0 Å². The van der Waals surface area contributed by atoms with Gasteiger partial charge < -0.3 is 10.6 Å². The highest BCUT2D eigenvalue weighted by molar-refractivity contribution is 6.30. The molecular formula is C17H17ClN2O. The van der Waals surface area contributed by atoms with Gasteiger partial charge in [-0.25, -0.2) is 0 Å². The maximum atomic E-state index is 12.7. The Kier molecular flexibility index (Phi) is 3.60. The summed E-state index contributed by atoms with van der Waals surface area (Å²) < 4.78 is 0. The summed E-state index contributed by atoms with van der Waals surface area (Å²) in [6.45, 7) is 3.20. The number of rotatable bonds is 1. The van der Waals surface area contributed by atoms with Crippen molar-refractivity contribution in [2.24, 2.45) is 0 Å². The highest BCUT2D eigenvalue weighted by Crippen LogP contribution is 2.26. The molecule has 0 saturated carbocycles. The van der Waals surface area contributed by atoms with E-state index in [1.54, 1.807) is 12.1 Å².